The van der Waals surface area contributed by atoms with Crippen LogP contribution < -0.4 is 10.1 Å². The molecule has 3 nitrogen and oxygen atoms in total. The van der Waals surface area contributed by atoms with Crippen molar-refractivity contribution in [3.05, 3.63) is 29.8 Å². The second-order valence-corrected chi connectivity index (χ2v) is 3.36. The van der Waals surface area contributed by atoms with Crippen molar-refractivity contribution < 1.29 is 9.84 Å². The van der Waals surface area contributed by atoms with Gasteiger partial charge in [-0.2, -0.15) is 0 Å². The number of rotatable bonds is 2. The van der Waals surface area contributed by atoms with Crippen molar-refractivity contribution in [3.63, 3.8) is 0 Å². The molecule has 0 aliphatic carbocycles. The Labute approximate surface area is 77.3 Å². The Morgan fingerprint density at radius 1 is 1.31 bits per heavy atom. The number of β-amino-alcohol motifs (C(OH)–C–C–N with tert-alkyl or cyclic N) is 1. The van der Waals surface area contributed by atoms with E-state index in [0.717, 1.165) is 11.3 Å². The molecule has 3 heteroatoms. The van der Waals surface area contributed by atoms with Crippen molar-refractivity contribution >= 4 is 0 Å². The Bertz CT molecular complexity index is 290. The maximum atomic E-state index is 9.94. The second-order valence-electron chi connectivity index (χ2n) is 3.36. The average Bonchev–Trinajstić information content (AvgIpc) is 2.14. The molecule has 0 amide bonds. The minimum absolute atomic E-state index is 0.638. The van der Waals surface area contributed by atoms with Gasteiger partial charge in [-0.25, -0.2) is 0 Å². The average molecular weight is 179 g/mol. The van der Waals surface area contributed by atoms with Crippen molar-refractivity contribution in [2.75, 3.05) is 20.2 Å². The SMILES string of the molecule is COc1ccc(C2(O)CNC2)cc1. The zero-order valence-electron chi connectivity index (χ0n) is 7.58. The standard InChI is InChI=1S/C10H13NO2/c1-13-9-4-2-8(3-5-9)10(12)6-11-7-10/h2-5,11-12H,6-7H2,1H3. The van der Waals surface area contributed by atoms with Crippen molar-refractivity contribution in [1.82, 2.24) is 5.32 Å². The summed E-state index contributed by atoms with van der Waals surface area (Å²) in [7, 11) is 1.63. The third-order valence-electron chi connectivity index (χ3n) is 2.46. The Morgan fingerprint density at radius 2 is 1.92 bits per heavy atom. The van der Waals surface area contributed by atoms with E-state index in [1.54, 1.807) is 7.11 Å². The first-order valence-corrected chi connectivity index (χ1v) is 4.32. The van der Waals surface area contributed by atoms with Gasteiger partial charge in [0.2, 0.25) is 0 Å². The molecule has 1 saturated heterocycles. The lowest BCUT2D eigenvalue weighted by molar-refractivity contribution is -0.0146. The number of hydrogen-bond acceptors (Lipinski definition) is 3. The van der Waals surface area contributed by atoms with Crippen LogP contribution in [0.4, 0.5) is 0 Å². The minimum atomic E-state index is -0.660. The molecule has 1 aromatic carbocycles. The first-order chi connectivity index (χ1) is 6.24. The highest BCUT2D eigenvalue weighted by molar-refractivity contribution is 5.32. The molecule has 2 rings (SSSR count). The molecule has 0 spiro atoms. The van der Waals surface area contributed by atoms with Gasteiger partial charge < -0.3 is 15.2 Å². The number of methoxy groups -OCH3 is 1. The predicted octanol–water partition coefficient (Wildman–Crippen LogP) is 0.486. The quantitative estimate of drug-likeness (QED) is 0.694. The molecule has 70 valence electrons. The van der Waals surface area contributed by atoms with Crippen LogP contribution in [0.2, 0.25) is 0 Å². The summed E-state index contributed by atoms with van der Waals surface area (Å²) < 4.78 is 5.04. The van der Waals surface area contributed by atoms with Gasteiger partial charge >= 0.3 is 0 Å². The fourth-order valence-electron chi connectivity index (χ4n) is 1.47. The lowest BCUT2D eigenvalue weighted by Gasteiger charge is -2.38. The molecular weight excluding hydrogens is 166 g/mol. The lowest BCUT2D eigenvalue weighted by atomic mass is 9.88. The topological polar surface area (TPSA) is 41.5 Å². The highest BCUT2D eigenvalue weighted by Gasteiger charge is 2.35. The van der Waals surface area contributed by atoms with Crippen LogP contribution in [0.3, 0.4) is 0 Å². The van der Waals surface area contributed by atoms with Crippen LogP contribution in [-0.4, -0.2) is 25.3 Å². The number of nitrogens with one attached hydrogen (secondary N) is 1. The van der Waals surface area contributed by atoms with Crippen LogP contribution in [0.5, 0.6) is 5.75 Å². The van der Waals surface area contributed by atoms with E-state index in [4.69, 9.17) is 4.74 Å². The molecule has 1 fully saturated rings. The van der Waals surface area contributed by atoms with Gasteiger partial charge in [0.1, 0.15) is 11.4 Å². The molecule has 0 saturated carbocycles. The molecule has 1 heterocycles. The number of hydrogen-bond donors (Lipinski definition) is 2. The summed E-state index contributed by atoms with van der Waals surface area (Å²) in [4.78, 5) is 0. The Hall–Kier alpha value is -1.06. The Balaban J connectivity index is 2.22. The fraction of sp³-hybridized carbons (Fsp3) is 0.400. The van der Waals surface area contributed by atoms with Gasteiger partial charge in [-0.3, -0.25) is 0 Å². The van der Waals surface area contributed by atoms with E-state index in [0.29, 0.717) is 13.1 Å². The van der Waals surface area contributed by atoms with Gasteiger partial charge in [-0.05, 0) is 17.7 Å². The third kappa shape index (κ3) is 1.41. The maximum Gasteiger partial charge on any atom is 0.118 e. The van der Waals surface area contributed by atoms with Crippen molar-refractivity contribution in [2.24, 2.45) is 0 Å². The van der Waals surface area contributed by atoms with Crippen LogP contribution in [0.25, 0.3) is 0 Å². The van der Waals surface area contributed by atoms with Crippen LogP contribution in [0, 0.1) is 0 Å². The monoisotopic (exact) mass is 179 g/mol. The van der Waals surface area contributed by atoms with Crippen LogP contribution in [0.1, 0.15) is 5.56 Å². The zero-order valence-corrected chi connectivity index (χ0v) is 7.58. The fourth-order valence-corrected chi connectivity index (χ4v) is 1.47. The van der Waals surface area contributed by atoms with Gasteiger partial charge in [-0.15, -0.1) is 0 Å². The van der Waals surface area contributed by atoms with E-state index in [1.807, 2.05) is 24.3 Å². The summed E-state index contributed by atoms with van der Waals surface area (Å²) in [5.41, 5.74) is 0.291. The lowest BCUT2D eigenvalue weighted by Crippen LogP contribution is -2.56. The number of ether oxygens (including phenoxy) is 1. The molecule has 2 N–H and O–H groups in total. The Morgan fingerprint density at radius 3 is 2.31 bits per heavy atom. The largest absolute Gasteiger partial charge is 0.497 e. The van der Waals surface area contributed by atoms with E-state index < -0.39 is 5.60 Å². The van der Waals surface area contributed by atoms with Crippen LogP contribution in [-0.2, 0) is 5.60 Å². The van der Waals surface area contributed by atoms with E-state index >= 15 is 0 Å². The van der Waals surface area contributed by atoms with E-state index in [2.05, 4.69) is 5.32 Å². The second kappa shape index (κ2) is 3.01. The summed E-state index contributed by atoms with van der Waals surface area (Å²) in [6.45, 7) is 1.28. The van der Waals surface area contributed by atoms with Gasteiger partial charge in [0, 0.05) is 13.1 Å². The first-order valence-electron chi connectivity index (χ1n) is 4.32. The summed E-state index contributed by atoms with van der Waals surface area (Å²) >= 11 is 0. The Kier molecular flexibility index (Phi) is 1.98. The van der Waals surface area contributed by atoms with Gasteiger partial charge in [0.05, 0.1) is 7.11 Å². The van der Waals surface area contributed by atoms with Crippen LogP contribution >= 0.6 is 0 Å². The summed E-state index contributed by atoms with van der Waals surface area (Å²) in [5.74, 6) is 0.819. The van der Waals surface area contributed by atoms with Gasteiger partial charge in [0.25, 0.3) is 0 Å². The molecule has 0 aromatic heterocycles. The summed E-state index contributed by atoms with van der Waals surface area (Å²) in [6, 6.07) is 7.54. The van der Waals surface area contributed by atoms with Crippen molar-refractivity contribution in [3.8, 4) is 5.75 Å². The number of aliphatic hydroxyl groups is 1. The van der Waals surface area contributed by atoms with Crippen molar-refractivity contribution in [2.45, 2.75) is 5.60 Å². The molecule has 1 aliphatic heterocycles. The van der Waals surface area contributed by atoms with Crippen molar-refractivity contribution in [1.29, 1.82) is 0 Å². The molecule has 1 aromatic rings. The van der Waals surface area contributed by atoms with E-state index in [-0.39, 0.29) is 0 Å². The van der Waals surface area contributed by atoms with Gasteiger partial charge in [0.15, 0.2) is 0 Å². The smallest absolute Gasteiger partial charge is 0.118 e. The van der Waals surface area contributed by atoms with E-state index in [9.17, 15) is 5.11 Å². The number of benzene rings is 1. The summed E-state index contributed by atoms with van der Waals surface area (Å²) in [6.07, 6.45) is 0. The van der Waals surface area contributed by atoms with Gasteiger partial charge in [-0.1, -0.05) is 12.1 Å². The maximum absolute atomic E-state index is 9.94. The molecule has 0 radical (unpaired) electrons. The van der Waals surface area contributed by atoms with Crippen LogP contribution in [0.15, 0.2) is 24.3 Å². The normalized spacial score (nSPS) is 19.2. The predicted molar refractivity (Wildman–Crippen MR) is 49.8 cm³/mol. The first kappa shape index (κ1) is 8.53. The minimum Gasteiger partial charge on any atom is -0.497 e. The molecule has 1 aliphatic rings. The molecule has 0 atom stereocenters. The van der Waals surface area contributed by atoms with E-state index in [1.165, 1.54) is 0 Å². The molecular formula is C10H13NO2. The molecule has 0 bridgehead atoms. The molecule has 0 unspecified atom stereocenters. The zero-order chi connectivity index (χ0) is 9.31. The summed E-state index contributed by atoms with van der Waals surface area (Å²) in [5, 5.41) is 13.0. The highest BCUT2D eigenvalue weighted by Crippen LogP contribution is 2.26. The third-order valence-corrected chi connectivity index (χ3v) is 2.46. The highest BCUT2D eigenvalue weighted by atomic mass is 16.5. The molecule has 13 heavy (non-hydrogen) atoms.